The maximum atomic E-state index is 12.7. The van der Waals surface area contributed by atoms with Crippen LogP contribution in [0.4, 0.5) is 5.69 Å². The second-order valence-corrected chi connectivity index (χ2v) is 8.50. The van der Waals surface area contributed by atoms with Gasteiger partial charge in [0.15, 0.2) is 0 Å². The molecule has 0 spiro atoms. The summed E-state index contributed by atoms with van der Waals surface area (Å²) >= 11 is 3.33. The topological polar surface area (TPSA) is 49.4 Å². The first kappa shape index (κ1) is 16.5. The average Bonchev–Trinajstić information content (AvgIpc) is 2.57. The first-order valence-electron chi connectivity index (χ1n) is 7.63. The van der Waals surface area contributed by atoms with Crippen molar-refractivity contribution in [3.05, 3.63) is 59.1 Å². The van der Waals surface area contributed by atoms with Crippen molar-refractivity contribution in [2.24, 2.45) is 0 Å². The van der Waals surface area contributed by atoms with Crippen LogP contribution >= 0.6 is 15.9 Å². The van der Waals surface area contributed by atoms with Crippen LogP contribution < -0.4 is 5.32 Å². The van der Waals surface area contributed by atoms with E-state index in [-0.39, 0.29) is 0 Å². The number of halogens is 1. The highest BCUT2D eigenvalue weighted by Gasteiger charge is 2.29. The summed E-state index contributed by atoms with van der Waals surface area (Å²) in [6.45, 7) is 1.09. The molecule has 2 aromatic rings. The van der Waals surface area contributed by atoms with E-state index in [1.807, 2.05) is 30.3 Å². The number of sulfonamides is 1. The molecule has 0 saturated carbocycles. The van der Waals surface area contributed by atoms with E-state index in [1.165, 1.54) is 0 Å². The fourth-order valence-corrected chi connectivity index (χ4v) is 4.50. The molecule has 6 heteroatoms. The van der Waals surface area contributed by atoms with Crippen LogP contribution in [0.1, 0.15) is 12.8 Å². The first-order chi connectivity index (χ1) is 11.1. The molecule has 2 aromatic carbocycles. The SMILES string of the molecule is O=S(=O)(c1ccc(Br)cc1)N1CCC(Nc2ccccc2)CC1. The summed E-state index contributed by atoms with van der Waals surface area (Å²) in [6.07, 6.45) is 1.62. The van der Waals surface area contributed by atoms with Gasteiger partial charge in [0.05, 0.1) is 4.90 Å². The lowest BCUT2D eigenvalue weighted by Crippen LogP contribution is -2.42. The van der Waals surface area contributed by atoms with Crippen molar-refractivity contribution in [3.8, 4) is 0 Å². The Kier molecular flexibility index (Phi) is 5.04. The average molecular weight is 395 g/mol. The van der Waals surface area contributed by atoms with Crippen LogP contribution in [0.2, 0.25) is 0 Å². The van der Waals surface area contributed by atoms with Crippen molar-refractivity contribution >= 4 is 31.6 Å². The Hall–Kier alpha value is -1.37. The Morgan fingerprint density at radius 2 is 1.57 bits per heavy atom. The second kappa shape index (κ2) is 7.03. The molecular weight excluding hydrogens is 376 g/mol. The molecule has 0 aromatic heterocycles. The number of hydrogen-bond acceptors (Lipinski definition) is 3. The summed E-state index contributed by atoms with van der Waals surface area (Å²) < 4.78 is 27.8. The van der Waals surface area contributed by atoms with E-state index in [2.05, 4.69) is 21.2 Å². The van der Waals surface area contributed by atoms with E-state index >= 15 is 0 Å². The van der Waals surface area contributed by atoms with Crippen LogP contribution in [-0.4, -0.2) is 31.9 Å². The standard InChI is InChI=1S/C17H19BrN2O2S/c18-14-6-8-17(9-7-14)23(21,22)20-12-10-16(11-13-20)19-15-4-2-1-3-5-15/h1-9,16,19H,10-13H2. The maximum absolute atomic E-state index is 12.7. The first-order valence-corrected chi connectivity index (χ1v) is 9.86. The molecule has 1 aliphatic rings. The molecule has 0 amide bonds. The van der Waals surface area contributed by atoms with Crippen LogP contribution in [0.3, 0.4) is 0 Å². The van der Waals surface area contributed by atoms with Crippen molar-refractivity contribution in [2.45, 2.75) is 23.8 Å². The number of para-hydroxylation sites is 1. The molecule has 1 N–H and O–H groups in total. The van der Waals surface area contributed by atoms with Gasteiger partial charge in [-0.15, -0.1) is 0 Å². The van der Waals surface area contributed by atoms with Crippen molar-refractivity contribution in [3.63, 3.8) is 0 Å². The van der Waals surface area contributed by atoms with Gasteiger partial charge in [0.2, 0.25) is 10.0 Å². The summed E-state index contributed by atoms with van der Waals surface area (Å²) in [5.74, 6) is 0. The van der Waals surface area contributed by atoms with Crippen molar-refractivity contribution in [1.82, 2.24) is 4.31 Å². The van der Waals surface area contributed by atoms with Crippen LogP contribution in [0, 0.1) is 0 Å². The third-order valence-electron chi connectivity index (χ3n) is 4.05. The third-order valence-corrected chi connectivity index (χ3v) is 6.49. The van der Waals surface area contributed by atoms with Gasteiger partial charge < -0.3 is 5.32 Å². The number of piperidine rings is 1. The van der Waals surface area contributed by atoms with Gasteiger partial charge in [-0.1, -0.05) is 34.1 Å². The zero-order chi connectivity index (χ0) is 16.3. The highest BCUT2D eigenvalue weighted by atomic mass is 79.9. The zero-order valence-electron chi connectivity index (χ0n) is 12.7. The Bertz CT molecular complexity index is 740. The number of rotatable bonds is 4. The summed E-state index contributed by atoms with van der Waals surface area (Å²) in [5, 5.41) is 3.47. The predicted molar refractivity (Wildman–Crippen MR) is 96.0 cm³/mol. The van der Waals surface area contributed by atoms with Crippen molar-refractivity contribution in [1.29, 1.82) is 0 Å². The van der Waals surface area contributed by atoms with E-state index in [0.717, 1.165) is 23.0 Å². The molecule has 0 aliphatic carbocycles. The number of hydrogen-bond donors (Lipinski definition) is 1. The molecule has 0 unspecified atom stereocenters. The zero-order valence-corrected chi connectivity index (χ0v) is 15.1. The fraction of sp³-hybridized carbons (Fsp3) is 0.294. The van der Waals surface area contributed by atoms with Gasteiger partial charge in [0.1, 0.15) is 0 Å². The normalized spacial score (nSPS) is 17.1. The maximum Gasteiger partial charge on any atom is 0.243 e. The van der Waals surface area contributed by atoms with Crippen LogP contribution in [0.5, 0.6) is 0 Å². The minimum Gasteiger partial charge on any atom is -0.382 e. The Labute approximate surface area is 145 Å². The smallest absolute Gasteiger partial charge is 0.243 e. The Morgan fingerprint density at radius 3 is 2.17 bits per heavy atom. The van der Waals surface area contributed by atoms with Crippen molar-refractivity contribution in [2.75, 3.05) is 18.4 Å². The van der Waals surface area contributed by atoms with Gasteiger partial charge in [-0.25, -0.2) is 8.42 Å². The molecule has 4 nitrogen and oxygen atoms in total. The minimum absolute atomic E-state index is 0.314. The number of nitrogens with zero attached hydrogens (tertiary/aromatic N) is 1. The summed E-state index contributed by atoms with van der Waals surface area (Å²) in [6, 6.07) is 17.2. The molecule has 23 heavy (non-hydrogen) atoms. The third kappa shape index (κ3) is 3.94. The highest BCUT2D eigenvalue weighted by molar-refractivity contribution is 9.10. The van der Waals surface area contributed by atoms with Gasteiger partial charge >= 0.3 is 0 Å². The fourth-order valence-electron chi connectivity index (χ4n) is 2.77. The van der Waals surface area contributed by atoms with E-state index < -0.39 is 10.0 Å². The molecule has 1 aliphatic heterocycles. The van der Waals surface area contributed by atoms with E-state index in [1.54, 1.807) is 28.6 Å². The van der Waals surface area contributed by atoms with Crippen LogP contribution in [0.15, 0.2) is 64.0 Å². The quantitative estimate of drug-likeness (QED) is 0.859. The predicted octanol–water partition coefficient (Wildman–Crippen LogP) is 3.71. The molecule has 3 rings (SSSR count). The van der Waals surface area contributed by atoms with Crippen molar-refractivity contribution < 1.29 is 8.42 Å². The lowest BCUT2D eigenvalue weighted by molar-refractivity contribution is 0.330. The largest absolute Gasteiger partial charge is 0.382 e. The monoisotopic (exact) mass is 394 g/mol. The molecular formula is C17H19BrN2O2S. The number of nitrogens with one attached hydrogen (secondary N) is 1. The lowest BCUT2D eigenvalue weighted by atomic mass is 10.1. The molecule has 1 saturated heterocycles. The van der Waals surface area contributed by atoms with Gasteiger partial charge in [0.25, 0.3) is 0 Å². The molecule has 0 radical (unpaired) electrons. The van der Waals surface area contributed by atoms with Crippen LogP contribution in [0.25, 0.3) is 0 Å². The van der Waals surface area contributed by atoms with Gasteiger partial charge in [0, 0.05) is 29.3 Å². The highest BCUT2D eigenvalue weighted by Crippen LogP contribution is 2.23. The van der Waals surface area contributed by atoms with E-state index in [0.29, 0.717) is 24.0 Å². The summed E-state index contributed by atoms with van der Waals surface area (Å²) in [5.41, 5.74) is 1.08. The molecule has 0 atom stereocenters. The molecule has 1 fully saturated rings. The number of anilines is 1. The van der Waals surface area contributed by atoms with Gasteiger partial charge in [-0.05, 0) is 49.2 Å². The van der Waals surface area contributed by atoms with E-state index in [4.69, 9.17) is 0 Å². The number of benzene rings is 2. The molecule has 0 bridgehead atoms. The molecule has 1 heterocycles. The lowest BCUT2D eigenvalue weighted by Gasteiger charge is -2.32. The van der Waals surface area contributed by atoms with E-state index in [9.17, 15) is 8.42 Å². The summed E-state index contributed by atoms with van der Waals surface area (Å²) in [4.78, 5) is 0.357. The second-order valence-electron chi connectivity index (χ2n) is 5.64. The van der Waals surface area contributed by atoms with Gasteiger partial charge in [-0.2, -0.15) is 4.31 Å². The molecule has 122 valence electrons. The van der Waals surface area contributed by atoms with Gasteiger partial charge in [-0.3, -0.25) is 0 Å². The van der Waals surface area contributed by atoms with Crippen LogP contribution in [-0.2, 0) is 10.0 Å². The Balaban J connectivity index is 1.63. The minimum atomic E-state index is -3.39. The summed E-state index contributed by atoms with van der Waals surface area (Å²) in [7, 11) is -3.39. The Morgan fingerprint density at radius 1 is 0.957 bits per heavy atom.